The Bertz CT molecular complexity index is 856. The van der Waals surface area contributed by atoms with E-state index in [9.17, 15) is 18.0 Å². The lowest BCUT2D eigenvalue weighted by Crippen LogP contribution is -2.23. The number of carbonyl (C=O) groups excluding carboxylic acids is 1. The van der Waals surface area contributed by atoms with Crippen LogP contribution in [-0.4, -0.2) is 15.7 Å². The third-order valence-corrected chi connectivity index (χ3v) is 3.61. The summed E-state index contributed by atoms with van der Waals surface area (Å²) < 4.78 is 39.7. The first kappa shape index (κ1) is 16.8. The topological polar surface area (TPSA) is 46.9 Å². The van der Waals surface area contributed by atoms with Gasteiger partial charge < -0.3 is 5.32 Å². The fourth-order valence-electron chi connectivity index (χ4n) is 2.33. The van der Waals surface area contributed by atoms with Crippen LogP contribution in [0.3, 0.4) is 0 Å². The van der Waals surface area contributed by atoms with Crippen LogP contribution in [-0.2, 0) is 12.7 Å². The minimum absolute atomic E-state index is 0.0175. The summed E-state index contributed by atoms with van der Waals surface area (Å²) in [5.74, 6) is -0.357. The van der Waals surface area contributed by atoms with E-state index in [1.165, 1.54) is 12.1 Å². The summed E-state index contributed by atoms with van der Waals surface area (Å²) in [6.45, 7) is 0.0175. The Morgan fingerprint density at radius 1 is 1.08 bits per heavy atom. The summed E-state index contributed by atoms with van der Waals surface area (Å²) in [4.78, 5) is 12.1. The molecule has 2 aromatic carbocycles. The van der Waals surface area contributed by atoms with Gasteiger partial charge in [0.15, 0.2) is 0 Å². The molecule has 0 saturated carbocycles. The van der Waals surface area contributed by atoms with Crippen molar-refractivity contribution in [2.24, 2.45) is 0 Å². The molecular formula is C18H14F3N3O. The summed E-state index contributed by atoms with van der Waals surface area (Å²) in [5, 5.41) is 6.71. The minimum atomic E-state index is -4.40. The van der Waals surface area contributed by atoms with Crippen molar-refractivity contribution in [3.05, 3.63) is 83.7 Å². The van der Waals surface area contributed by atoms with Gasteiger partial charge in [-0.05, 0) is 48.0 Å². The molecule has 7 heteroatoms. The molecule has 3 rings (SSSR count). The number of halogens is 3. The van der Waals surface area contributed by atoms with Gasteiger partial charge in [-0.3, -0.25) is 4.79 Å². The maximum Gasteiger partial charge on any atom is 0.416 e. The van der Waals surface area contributed by atoms with Crippen molar-refractivity contribution in [1.29, 1.82) is 0 Å². The number of nitrogens with zero attached hydrogens (tertiary/aromatic N) is 2. The van der Waals surface area contributed by atoms with Gasteiger partial charge in [-0.2, -0.15) is 18.3 Å². The predicted octanol–water partition coefficient (Wildman–Crippen LogP) is 3.82. The van der Waals surface area contributed by atoms with Crippen LogP contribution in [0.15, 0.2) is 67.0 Å². The SMILES string of the molecule is O=C(NCc1cccc(C(F)(F)F)c1)c1ccc(-n2cccn2)cc1. The number of nitrogens with one attached hydrogen (secondary N) is 1. The van der Waals surface area contributed by atoms with E-state index in [4.69, 9.17) is 0 Å². The van der Waals surface area contributed by atoms with Gasteiger partial charge in [-0.25, -0.2) is 4.68 Å². The van der Waals surface area contributed by atoms with Crippen molar-refractivity contribution in [3.63, 3.8) is 0 Å². The Morgan fingerprint density at radius 2 is 1.84 bits per heavy atom. The van der Waals surface area contributed by atoms with Crippen molar-refractivity contribution in [2.75, 3.05) is 0 Å². The van der Waals surface area contributed by atoms with Crippen LogP contribution in [0, 0.1) is 0 Å². The summed E-state index contributed by atoms with van der Waals surface area (Å²) in [6.07, 6.45) is -0.971. The summed E-state index contributed by atoms with van der Waals surface area (Å²) in [5.41, 5.74) is 0.876. The largest absolute Gasteiger partial charge is 0.416 e. The molecule has 0 fully saturated rings. The number of rotatable bonds is 4. The molecule has 0 aliphatic carbocycles. The molecule has 1 heterocycles. The Labute approximate surface area is 141 Å². The fraction of sp³-hybridized carbons (Fsp3) is 0.111. The number of aromatic nitrogens is 2. The molecule has 4 nitrogen and oxygen atoms in total. The van der Waals surface area contributed by atoms with Crippen LogP contribution >= 0.6 is 0 Å². The Morgan fingerprint density at radius 3 is 2.48 bits per heavy atom. The van der Waals surface area contributed by atoms with Crippen molar-refractivity contribution < 1.29 is 18.0 Å². The van der Waals surface area contributed by atoms with Gasteiger partial charge in [0.1, 0.15) is 0 Å². The number of hydrogen-bond donors (Lipinski definition) is 1. The quantitative estimate of drug-likeness (QED) is 0.781. The highest BCUT2D eigenvalue weighted by molar-refractivity contribution is 5.94. The molecule has 128 valence electrons. The van der Waals surface area contributed by atoms with E-state index in [0.717, 1.165) is 17.8 Å². The van der Waals surface area contributed by atoms with Gasteiger partial charge >= 0.3 is 6.18 Å². The normalized spacial score (nSPS) is 11.3. The van der Waals surface area contributed by atoms with Crippen LogP contribution in [0.1, 0.15) is 21.5 Å². The molecule has 3 aromatic rings. The van der Waals surface area contributed by atoms with E-state index >= 15 is 0 Å². The monoisotopic (exact) mass is 345 g/mol. The lowest BCUT2D eigenvalue weighted by molar-refractivity contribution is -0.137. The Kier molecular flexibility index (Phi) is 4.56. The standard InChI is InChI=1S/C18H14F3N3O/c19-18(20,21)15-4-1-3-13(11-15)12-22-17(25)14-5-7-16(8-6-14)24-10-2-9-23-24/h1-11H,12H2,(H,22,25). The third-order valence-electron chi connectivity index (χ3n) is 3.61. The first-order chi connectivity index (χ1) is 11.9. The van der Waals surface area contributed by atoms with Crippen LogP contribution in [0.5, 0.6) is 0 Å². The first-order valence-corrected chi connectivity index (χ1v) is 7.48. The van der Waals surface area contributed by atoms with Gasteiger partial charge in [0.05, 0.1) is 11.3 Å². The van der Waals surface area contributed by atoms with Gasteiger partial charge in [0.25, 0.3) is 5.91 Å². The molecule has 0 atom stereocenters. The van der Waals surface area contributed by atoms with Gasteiger partial charge in [-0.1, -0.05) is 12.1 Å². The van der Waals surface area contributed by atoms with Gasteiger partial charge in [-0.15, -0.1) is 0 Å². The molecule has 0 radical (unpaired) electrons. The zero-order chi connectivity index (χ0) is 17.9. The molecule has 1 amide bonds. The maximum atomic E-state index is 12.7. The summed E-state index contributed by atoms with van der Waals surface area (Å²) in [6, 6.07) is 13.4. The second-order valence-corrected chi connectivity index (χ2v) is 5.38. The third kappa shape index (κ3) is 4.06. The smallest absolute Gasteiger partial charge is 0.348 e. The van der Waals surface area contributed by atoms with E-state index < -0.39 is 11.7 Å². The van der Waals surface area contributed by atoms with E-state index in [1.54, 1.807) is 47.4 Å². The molecule has 0 aliphatic rings. The fourth-order valence-corrected chi connectivity index (χ4v) is 2.33. The van der Waals surface area contributed by atoms with Crippen molar-refractivity contribution in [3.8, 4) is 5.69 Å². The van der Waals surface area contributed by atoms with Gasteiger partial charge in [0.2, 0.25) is 0 Å². The number of amides is 1. The zero-order valence-electron chi connectivity index (χ0n) is 13.0. The van der Waals surface area contributed by atoms with Crippen molar-refractivity contribution in [1.82, 2.24) is 15.1 Å². The molecule has 1 N–H and O–H groups in total. The highest BCUT2D eigenvalue weighted by Crippen LogP contribution is 2.29. The number of hydrogen-bond acceptors (Lipinski definition) is 2. The second kappa shape index (κ2) is 6.80. The molecule has 25 heavy (non-hydrogen) atoms. The van der Waals surface area contributed by atoms with Crippen molar-refractivity contribution >= 4 is 5.91 Å². The molecule has 0 saturated heterocycles. The van der Waals surface area contributed by atoms with Crippen molar-refractivity contribution in [2.45, 2.75) is 12.7 Å². The Balaban J connectivity index is 1.65. The van der Waals surface area contributed by atoms with Crippen LogP contribution in [0.4, 0.5) is 13.2 Å². The van der Waals surface area contributed by atoms with E-state index in [1.807, 2.05) is 0 Å². The van der Waals surface area contributed by atoms with Gasteiger partial charge in [0, 0.05) is 24.5 Å². The molecular weight excluding hydrogens is 331 g/mol. The number of benzene rings is 2. The van der Waals surface area contributed by atoms with Crippen LogP contribution < -0.4 is 5.32 Å². The zero-order valence-corrected chi connectivity index (χ0v) is 13.0. The Hall–Kier alpha value is -3.09. The van der Waals surface area contributed by atoms with E-state index in [0.29, 0.717) is 11.1 Å². The molecule has 0 spiro atoms. The van der Waals surface area contributed by atoms with Crippen LogP contribution in [0.25, 0.3) is 5.69 Å². The molecule has 0 aliphatic heterocycles. The highest BCUT2D eigenvalue weighted by atomic mass is 19.4. The molecule has 0 bridgehead atoms. The summed E-state index contributed by atoms with van der Waals surface area (Å²) >= 11 is 0. The average Bonchev–Trinajstić information content (AvgIpc) is 3.14. The van der Waals surface area contributed by atoms with E-state index in [2.05, 4.69) is 10.4 Å². The first-order valence-electron chi connectivity index (χ1n) is 7.48. The lowest BCUT2D eigenvalue weighted by Gasteiger charge is -2.10. The predicted molar refractivity (Wildman–Crippen MR) is 86.2 cm³/mol. The van der Waals surface area contributed by atoms with E-state index in [-0.39, 0.29) is 12.5 Å². The minimum Gasteiger partial charge on any atom is -0.348 e. The molecule has 0 unspecified atom stereocenters. The lowest BCUT2D eigenvalue weighted by atomic mass is 10.1. The van der Waals surface area contributed by atoms with Crippen LogP contribution in [0.2, 0.25) is 0 Å². The number of alkyl halides is 3. The second-order valence-electron chi connectivity index (χ2n) is 5.38. The molecule has 1 aromatic heterocycles. The summed E-state index contributed by atoms with van der Waals surface area (Å²) in [7, 11) is 0. The highest BCUT2D eigenvalue weighted by Gasteiger charge is 2.30. The number of carbonyl (C=O) groups is 1. The average molecular weight is 345 g/mol. The maximum absolute atomic E-state index is 12.7.